The van der Waals surface area contributed by atoms with Gasteiger partial charge in [0.05, 0.1) is 19.3 Å². The number of hydrogen-bond donors (Lipinski definition) is 5. The molecule has 1 amide bonds. The highest BCUT2D eigenvalue weighted by molar-refractivity contribution is 7.84. The number of anilines is 1. The summed E-state index contributed by atoms with van der Waals surface area (Å²) in [7, 11) is -9.87. The lowest BCUT2D eigenvalue weighted by atomic mass is 10.1. The van der Waals surface area contributed by atoms with Crippen LogP contribution >= 0.6 is 7.82 Å². The fraction of sp³-hybridized carbons (Fsp3) is 0.550. The van der Waals surface area contributed by atoms with Crippen LogP contribution in [0.5, 0.6) is 0 Å². The Morgan fingerprint density at radius 2 is 1.89 bits per heavy atom. The number of fused-ring (bicyclic) bond motifs is 4. The number of carbonyl (C=O) groups is 1. The molecular formula is C20H23FN11O11PS. The highest BCUT2D eigenvalue weighted by Gasteiger charge is 2.55. The van der Waals surface area contributed by atoms with Crippen molar-refractivity contribution in [3.8, 4) is 0 Å². The van der Waals surface area contributed by atoms with E-state index in [1.165, 1.54) is 10.9 Å². The van der Waals surface area contributed by atoms with Gasteiger partial charge < -0.3 is 30.9 Å². The Morgan fingerprint density at radius 3 is 2.69 bits per heavy atom. The summed E-state index contributed by atoms with van der Waals surface area (Å²) in [6, 6.07) is -1.23. The monoisotopic (exact) mass is 675 g/mol. The molecule has 0 aromatic carbocycles. The van der Waals surface area contributed by atoms with E-state index in [9.17, 15) is 27.8 Å². The van der Waals surface area contributed by atoms with Crippen LogP contribution in [-0.2, 0) is 42.4 Å². The number of nitrogens with two attached hydrogens (primary N) is 2. The summed E-state index contributed by atoms with van der Waals surface area (Å²) in [4.78, 5) is 47.0. The van der Waals surface area contributed by atoms with Crippen LogP contribution in [0.25, 0.3) is 11.2 Å². The predicted molar refractivity (Wildman–Crippen MR) is 144 cm³/mol. The molecule has 10 atom stereocenters. The third kappa shape index (κ3) is 5.27. The van der Waals surface area contributed by atoms with Crippen molar-refractivity contribution in [2.75, 3.05) is 18.9 Å². The highest BCUT2D eigenvalue weighted by atomic mass is 32.2. The number of aliphatic hydroxyl groups excluding tert-OH is 1. The first-order valence-electron chi connectivity index (χ1n) is 13.0. The molecule has 2 aromatic rings. The third-order valence-electron chi connectivity index (χ3n) is 7.40. The molecule has 7 heterocycles. The molecule has 0 saturated carbocycles. The molecule has 2 aromatic heterocycles. The molecule has 22 nitrogen and oxygen atoms in total. The molecule has 0 aliphatic carbocycles. The number of nitrogen functional groups attached to an aromatic ring is 1. The van der Waals surface area contributed by atoms with Gasteiger partial charge in [0.25, 0.3) is 5.91 Å². The SMILES string of the molecule is NC1=NC(=O)C2N=CN([C@@H]3O[C@@H]4COP(=O)(O)O[C@H]5[C@@H](O)[C@H](n6cnc7c(N)ncnc76)O[C@@H]5CNS(=O)(=O)O[C@H]4[C@H]3F)C2=N1. The van der Waals surface area contributed by atoms with Gasteiger partial charge in [-0.3, -0.25) is 28.3 Å². The van der Waals surface area contributed by atoms with Crippen molar-refractivity contribution in [3.05, 3.63) is 12.7 Å². The second-order valence-corrected chi connectivity index (χ2v) is 13.0. The minimum absolute atomic E-state index is 0.0309. The Balaban J connectivity index is 1.14. The summed E-state index contributed by atoms with van der Waals surface area (Å²) >= 11 is 0. The van der Waals surface area contributed by atoms with Gasteiger partial charge in [0.15, 0.2) is 42.0 Å². The molecule has 7 N–H and O–H groups in total. The van der Waals surface area contributed by atoms with E-state index in [1.807, 2.05) is 0 Å². The van der Waals surface area contributed by atoms with Crippen molar-refractivity contribution in [2.45, 2.75) is 55.2 Å². The van der Waals surface area contributed by atoms with Crippen molar-refractivity contribution in [1.82, 2.24) is 29.1 Å². The normalized spacial score (nSPS) is 39.8. The molecular weight excluding hydrogens is 652 g/mol. The van der Waals surface area contributed by atoms with Gasteiger partial charge >= 0.3 is 18.1 Å². The van der Waals surface area contributed by atoms with Gasteiger partial charge in [-0.15, -0.1) is 0 Å². The number of phosphoric acid groups is 1. The average Bonchev–Trinajstić information content (AvgIpc) is 3.72. The zero-order chi connectivity index (χ0) is 31.8. The van der Waals surface area contributed by atoms with Gasteiger partial charge in [0.1, 0.15) is 42.4 Å². The number of aromatic nitrogens is 4. The van der Waals surface area contributed by atoms with Gasteiger partial charge in [-0.25, -0.2) is 28.1 Å². The van der Waals surface area contributed by atoms with Crippen molar-refractivity contribution in [2.24, 2.45) is 20.7 Å². The van der Waals surface area contributed by atoms with Gasteiger partial charge in [0.2, 0.25) is 5.96 Å². The third-order valence-corrected chi connectivity index (χ3v) is 9.39. The number of carbonyl (C=O) groups excluding carboxylic acids is 1. The molecule has 2 unspecified atom stereocenters. The first kappa shape index (κ1) is 30.1. The molecule has 25 heteroatoms. The number of nitrogens with zero attached hydrogens (tertiary/aromatic N) is 8. The standard InChI is InChI=1S/C20H23FN11O11PS/c21-8-12-7(41-18(8)32-5-27-10-16(32)29-20(23)30-17(10)34)2-39-44(35,36)42-13-6(1-28-45(37,38)43-12)40-19(11(13)33)31-4-26-9-14(22)24-3-25-15(9)31/h3-8,10-13,18-19,28,33H,1-2H2,(H,35,36)(H2,22,24,25)(H2,23,30,34)/t6-,7-,8-,10?,11-,12-,13-,18-,19-/m1/s1. The Labute approximate surface area is 250 Å². The smallest absolute Gasteiger partial charge is 0.386 e. The molecule has 3 fully saturated rings. The van der Waals surface area contributed by atoms with Crippen LogP contribution in [0.1, 0.15) is 6.23 Å². The van der Waals surface area contributed by atoms with Crippen LogP contribution in [0.15, 0.2) is 27.6 Å². The second-order valence-electron chi connectivity index (χ2n) is 10.2. The molecule has 0 bridgehead atoms. The lowest BCUT2D eigenvalue weighted by Gasteiger charge is -2.26. The number of hydrogen-bond acceptors (Lipinski definition) is 18. The maximum absolute atomic E-state index is 15.9. The Morgan fingerprint density at radius 1 is 1.11 bits per heavy atom. The first-order valence-corrected chi connectivity index (χ1v) is 15.9. The highest BCUT2D eigenvalue weighted by Crippen LogP contribution is 2.49. The second kappa shape index (κ2) is 10.8. The molecule has 3 saturated heterocycles. The fourth-order valence-electron chi connectivity index (χ4n) is 5.39. The van der Waals surface area contributed by atoms with E-state index in [1.54, 1.807) is 0 Å². The van der Waals surface area contributed by atoms with Crippen molar-refractivity contribution in [1.29, 1.82) is 0 Å². The number of aliphatic imine (C=N–C) groups is 3. The summed E-state index contributed by atoms with van der Waals surface area (Å²) in [5.74, 6) is -1.29. The van der Waals surface area contributed by atoms with E-state index < -0.39 is 98.3 Å². The van der Waals surface area contributed by atoms with E-state index in [0.717, 1.165) is 17.6 Å². The quantitative estimate of drug-likeness (QED) is 0.192. The molecule has 0 radical (unpaired) electrons. The zero-order valence-corrected chi connectivity index (χ0v) is 24.1. The number of aliphatic hydroxyl groups is 1. The molecule has 5 aliphatic rings. The number of halogens is 1. The zero-order valence-electron chi connectivity index (χ0n) is 22.4. The number of imidazole rings is 1. The Bertz CT molecular complexity index is 1810. The van der Waals surface area contributed by atoms with Crippen LogP contribution in [0.2, 0.25) is 0 Å². The van der Waals surface area contributed by atoms with E-state index in [0.29, 0.717) is 0 Å². The van der Waals surface area contributed by atoms with Crippen molar-refractivity contribution in [3.63, 3.8) is 0 Å². The van der Waals surface area contributed by atoms with Crippen molar-refractivity contribution >= 4 is 59.1 Å². The van der Waals surface area contributed by atoms with Crippen molar-refractivity contribution < 1.29 is 54.9 Å². The molecule has 5 aliphatic heterocycles. The Kier molecular flexibility index (Phi) is 7.19. The van der Waals surface area contributed by atoms with Gasteiger partial charge in [0, 0.05) is 6.54 Å². The maximum atomic E-state index is 15.9. The minimum Gasteiger partial charge on any atom is -0.386 e. The topological polar surface area (TPSA) is 303 Å². The van der Waals surface area contributed by atoms with Crippen LogP contribution in [-0.4, -0.2) is 129 Å². The lowest BCUT2D eigenvalue weighted by molar-refractivity contribution is -0.117. The summed E-state index contributed by atoms with van der Waals surface area (Å²) in [5.41, 5.74) is 11.7. The number of alkyl halides is 1. The predicted octanol–water partition coefficient (Wildman–Crippen LogP) is -3.57. The van der Waals surface area contributed by atoms with Gasteiger partial charge in [-0.2, -0.15) is 23.1 Å². The van der Waals surface area contributed by atoms with E-state index in [2.05, 4.69) is 34.7 Å². The molecule has 7 rings (SSSR count). The first-order chi connectivity index (χ1) is 21.3. The van der Waals surface area contributed by atoms with Gasteiger partial charge in [-0.1, -0.05) is 0 Å². The number of nitrogens with one attached hydrogen (secondary N) is 1. The number of amidine groups is 1. The number of amides is 1. The lowest BCUT2D eigenvalue weighted by Crippen LogP contribution is -2.49. The van der Waals surface area contributed by atoms with Crippen LogP contribution in [0.3, 0.4) is 0 Å². The summed E-state index contributed by atoms with van der Waals surface area (Å²) in [6.07, 6.45) is -10.2. The summed E-state index contributed by atoms with van der Waals surface area (Å²) in [5, 5.41) is 11.1. The van der Waals surface area contributed by atoms with E-state index in [-0.39, 0.29) is 22.8 Å². The average molecular weight is 676 g/mol. The molecule has 45 heavy (non-hydrogen) atoms. The van der Waals surface area contributed by atoms with Crippen LogP contribution in [0, 0.1) is 0 Å². The number of ether oxygens (including phenoxy) is 2. The maximum Gasteiger partial charge on any atom is 0.472 e. The van der Waals surface area contributed by atoms with Crippen LogP contribution in [0.4, 0.5) is 10.2 Å². The minimum atomic E-state index is -5.08. The number of guanidine groups is 1. The summed E-state index contributed by atoms with van der Waals surface area (Å²) < 4.78 is 85.1. The van der Waals surface area contributed by atoms with E-state index in [4.69, 9.17) is 34.2 Å². The Hall–Kier alpha value is -3.58. The fourth-order valence-corrected chi connectivity index (χ4v) is 7.32. The van der Waals surface area contributed by atoms with E-state index >= 15 is 4.39 Å². The number of phosphoric ester groups is 1. The largest absolute Gasteiger partial charge is 0.472 e. The summed E-state index contributed by atoms with van der Waals surface area (Å²) in [6.45, 7) is -1.60. The van der Waals surface area contributed by atoms with Gasteiger partial charge in [-0.05, 0) is 0 Å². The molecule has 0 spiro atoms. The molecule has 242 valence electrons. The van der Waals surface area contributed by atoms with Crippen LogP contribution < -0.4 is 16.2 Å². The number of rotatable bonds is 2.